The Hall–Kier alpha value is -1.75. The van der Waals surface area contributed by atoms with Crippen LogP contribution in [-0.2, 0) is 16.1 Å². The van der Waals surface area contributed by atoms with Crippen LogP contribution in [0.1, 0.15) is 33.3 Å². The van der Waals surface area contributed by atoms with Crippen molar-refractivity contribution in [3.63, 3.8) is 0 Å². The highest BCUT2D eigenvalue weighted by molar-refractivity contribution is 5.71. The van der Waals surface area contributed by atoms with Crippen molar-refractivity contribution in [2.24, 2.45) is 0 Å². The summed E-state index contributed by atoms with van der Waals surface area (Å²) >= 11 is 0. The van der Waals surface area contributed by atoms with Crippen LogP contribution in [0.2, 0.25) is 0 Å². The molecular formula is C16H25NO4. The second-order valence-electron chi connectivity index (χ2n) is 5.31. The van der Waals surface area contributed by atoms with E-state index in [2.05, 4.69) is 19.2 Å². The fourth-order valence-electron chi connectivity index (χ4n) is 1.77. The first-order chi connectivity index (χ1) is 9.93. The van der Waals surface area contributed by atoms with Crippen LogP contribution in [0.25, 0.3) is 0 Å². The van der Waals surface area contributed by atoms with Crippen molar-refractivity contribution in [3.8, 4) is 11.5 Å². The van der Waals surface area contributed by atoms with Crippen LogP contribution in [0.15, 0.2) is 18.2 Å². The maximum atomic E-state index is 11.6. The van der Waals surface area contributed by atoms with Crippen molar-refractivity contribution >= 4 is 5.97 Å². The predicted molar refractivity (Wildman–Crippen MR) is 81.7 cm³/mol. The highest BCUT2D eigenvalue weighted by atomic mass is 16.6. The number of carbonyl (C=O) groups is 1. The third kappa shape index (κ3) is 6.04. The average Bonchev–Trinajstić information content (AvgIpc) is 2.42. The Morgan fingerprint density at radius 2 is 1.95 bits per heavy atom. The van der Waals surface area contributed by atoms with Gasteiger partial charge in [-0.1, -0.05) is 26.0 Å². The molecular weight excluding hydrogens is 270 g/mol. The number of ether oxygens (including phenoxy) is 3. The van der Waals surface area contributed by atoms with Crippen molar-refractivity contribution in [2.45, 2.75) is 46.4 Å². The zero-order valence-electron chi connectivity index (χ0n) is 13.4. The Balaban J connectivity index is 2.79. The molecule has 0 bridgehead atoms. The molecule has 0 saturated heterocycles. The van der Waals surface area contributed by atoms with E-state index in [-0.39, 0.29) is 12.7 Å². The van der Waals surface area contributed by atoms with E-state index in [0.29, 0.717) is 24.1 Å². The number of rotatable bonds is 8. The molecule has 5 heteroatoms. The summed E-state index contributed by atoms with van der Waals surface area (Å²) in [4.78, 5) is 11.6. The minimum absolute atomic E-state index is 0.132. The first kappa shape index (κ1) is 17.3. The SMILES string of the molecule is COc1cccc(CNC(C)C)c1OCC(=O)OC(C)C. The first-order valence-corrected chi connectivity index (χ1v) is 7.15. The highest BCUT2D eigenvalue weighted by Crippen LogP contribution is 2.31. The topological polar surface area (TPSA) is 56.8 Å². The van der Waals surface area contributed by atoms with Gasteiger partial charge in [0, 0.05) is 18.2 Å². The molecule has 0 aliphatic rings. The zero-order chi connectivity index (χ0) is 15.8. The van der Waals surface area contributed by atoms with Crippen molar-refractivity contribution in [1.29, 1.82) is 0 Å². The zero-order valence-corrected chi connectivity index (χ0v) is 13.4. The molecule has 118 valence electrons. The number of nitrogens with one attached hydrogen (secondary N) is 1. The third-order valence-electron chi connectivity index (χ3n) is 2.68. The molecule has 0 atom stereocenters. The number of benzene rings is 1. The molecule has 0 spiro atoms. The van der Waals surface area contributed by atoms with Crippen molar-refractivity contribution in [2.75, 3.05) is 13.7 Å². The van der Waals surface area contributed by atoms with Crippen LogP contribution in [0.4, 0.5) is 0 Å². The lowest BCUT2D eigenvalue weighted by Gasteiger charge is -2.16. The summed E-state index contributed by atoms with van der Waals surface area (Å²) in [5.41, 5.74) is 0.945. The molecule has 0 aliphatic heterocycles. The Morgan fingerprint density at radius 1 is 1.24 bits per heavy atom. The van der Waals surface area contributed by atoms with Gasteiger partial charge in [0.2, 0.25) is 0 Å². The minimum atomic E-state index is -0.390. The van der Waals surface area contributed by atoms with Gasteiger partial charge < -0.3 is 19.5 Å². The Bertz CT molecular complexity index is 458. The van der Waals surface area contributed by atoms with Crippen molar-refractivity contribution < 1.29 is 19.0 Å². The van der Waals surface area contributed by atoms with E-state index < -0.39 is 5.97 Å². The molecule has 0 fully saturated rings. The van der Waals surface area contributed by atoms with Crippen LogP contribution < -0.4 is 14.8 Å². The number of esters is 1. The molecule has 0 amide bonds. The number of methoxy groups -OCH3 is 1. The summed E-state index contributed by atoms with van der Waals surface area (Å²) in [5, 5.41) is 3.32. The molecule has 0 aromatic heterocycles. The van der Waals surface area contributed by atoms with Gasteiger partial charge in [0.1, 0.15) is 0 Å². The smallest absolute Gasteiger partial charge is 0.344 e. The molecule has 0 radical (unpaired) electrons. The molecule has 21 heavy (non-hydrogen) atoms. The van der Waals surface area contributed by atoms with Crippen molar-refractivity contribution in [3.05, 3.63) is 23.8 Å². The summed E-state index contributed by atoms with van der Waals surface area (Å²) in [7, 11) is 1.58. The van der Waals surface area contributed by atoms with Gasteiger partial charge in [-0.15, -0.1) is 0 Å². The Kier molecular flexibility index (Phi) is 7.02. The fraction of sp³-hybridized carbons (Fsp3) is 0.562. The van der Waals surface area contributed by atoms with Gasteiger partial charge in [-0.05, 0) is 19.9 Å². The lowest BCUT2D eigenvalue weighted by atomic mass is 10.1. The van der Waals surface area contributed by atoms with Crippen LogP contribution in [-0.4, -0.2) is 31.8 Å². The number of carbonyl (C=O) groups excluding carboxylic acids is 1. The van der Waals surface area contributed by atoms with Crippen LogP contribution in [0.3, 0.4) is 0 Å². The Labute approximate surface area is 126 Å². The first-order valence-electron chi connectivity index (χ1n) is 7.15. The Morgan fingerprint density at radius 3 is 2.52 bits per heavy atom. The van der Waals surface area contributed by atoms with Gasteiger partial charge in [0.05, 0.1) is 13.2 Å². The fourth-order valence-corrected chi connectivity index (χ4v) is 1.77. The van der Waals surface area contributed by atoms with Crippen LogP contribution in [0, 0.1) is 0 Å². The summed E-state index contributed by atoms with van der Waals surface area (Å²) in [6.07, 6.45) is -0.152. The van der Waals surface area contributed by atoms with Gasteiger partial charge in [-0.2, -0.15) is 0 Å². The predicted octanol–water partition coefficient (Wildman–Crippen LogP) is 2.52. The molecule has 0 heterocycles. The number of para-hydroxylation sites is 1. The number of hydrogen-bond acceptors (Lipinski definition) is 5. The highest BCUT2D eigenvalue weighted by Gasteiger charge is 2.14. The average molecular weight is 295 g/mol. The molecule has 1 aromatic carbocycles. The standard InChI is InChI=1S/C16H25NO4/c1-11(2)17-9-13-7-6-8-14(19-5)16(13)20-10-15(18)21-12(3)4/h6-8,11-12,17H,9-10H2,1-5H3. The largest absolute Gasteiger partial charge is 0.493 e. The van der Waals surface area contributed by atoms with E-state index in [0.717, 1.165) is 5.56 Å². The molecule has 1 rings (SSSR count). The molecule has 1 N–H and O–H groups in total. The van der Waals surface area contributed by atoms with Crippen LogP contribution >= 0.6 is 0 Å². The van der Waals surface area contributed by atoms with Gasteiger partial charge in [-0.25, -0.2) is 4.79 Å². The molecule has 1 aromatic rings. The molecule has 0 saturated carbocycles. The summed E-state index contributed by atoms with van der Waals surface area (Å²) in [6, 6.07) is 6.01. The van der Waals surface area contributed by atoms with Crippen molar-refractivity contribution in [1.82, 2.24) is 5.32 Å². The van der Waals surface area contributed by atoms with Gasteiger partial charge in [-0.3, -0.25) is 0 Å². The van der Waals surface area contributed by atoms with Gasteiger partial charge in [0.15, 0.2) is 18.1 Å². The summed E-state index contributed by atoms with van der Waals surface area (Å²) in [5.74, 6) is 0.794. The second kappa shape index (κ2) is 8.52. The monoisotopic (exact) mass is 295 g/mol. The lowest BCUT2D eigenvalue weighted by molar-refractivity contribution is -0.149. The quantitative estimate of drug-likeness (QED) is 0.747. The normalized spacial score (nSPS) is 10.8. The summed E-state index contributed by atoms with van der Waals surface area (Å²) < 4.78 is 16.0. The molecule has 0 unspecified atom stereocenters. The van der Waals surface area contributed by atoms with Gasteiger partial charge >= 0.3 is 5.97 Å². The molecule has 0 aliphatic carbocycles. The summed E-state index contributed by atoms with van der Waals surface area (Å²) in [6.45, 7) is 8.26. The van der Waals surface area contributed by atoms with E-state index in [9.17, 15) is 4.79 Å². The second-order valence-corrected chi connectivity index (χ2v) is 5.31. The minimum Gasteiger partial charge on any atom is -0.493 e. The van der Waals surface area contributed by atoms with E-state index in [1.807, 2.05) is 18.2 Å². The lowest BCUT2D eigenvalue weighted by Crippen LogP contribution is -2.23. The van der Waals surface area contributed by atoms with E-state index >= 15 is 0 Å². The third-order valence-corrected chi connectivity index (χ3v) is 2.68. The maximum Gasteiger partial charge on any atom is 0.344 e. The van der Waals surface area contributed by atoms with Gasteiger partial charge in [0.25, 0.3) is 0 Å². The van der Waals surface area contributed by atoms with E-state index in [4.69, 9.17) is 14.2 Å². The number of hydrogen-bond donors (Lipinski definition) is 1. The van der Waals surface area contributed by atoms with Crippen LogP contribution in [0.5, 0.6) is 11.5 Å². The van der Waals surface area contributed by atoms with E-state index in [1.54, 1.807) is 21.0 Å². The van der Waals surface area contributed by atoms with E-state index in [1.165, 1.54) is 0 Å². The maximum absolute atomic E-state index is 11.6. The molecule has 5 nitrogen and oxygen atoms in total.